The summed E-state index contributed by atoms with van der Waals surface area (Å²) >= 11 is 0. The number of benzene rings is 1. The molecule has 0 aromatic heterocycles. The molecule has 4 N–H and O–H groups in total. The molecule has 0 unspecified atom stereocenters. The number of amides is 1. The van der Waals surface area contributed by atoms with Crippen molar-refractivity contribution in [1.82, 2.24) is 5.32 Å². The molecule has 6 nitrogen and oxygen atoms in total. The summed E-state index contributed by atoms with van der Waals surface area (Å²) < 4.78 is 10.4. The third-order valence-corrected chi connectivity index (χ3v) is 2.37. The van der Waals surface area contributed by atoms with E-state index in [0.29, 0.717) is 24.6 Å². The number of carbonyl (C=O) groups excluding carboxylic acids is 1. The Balaban J connectivity index is 2.64. The van der Waals surface area contributed by atoms with E-state index >= 15 is 0 Å². The number of aliphatic hydroxyl groups excluding tert-OH is 1. The molecule has 0 aliphatic carbocycles. The largest absolute Gasteiger partial charge is 0.493 e. The molecular formula is C13H20N2O4. The monoisotopic (exact) mass is 268 g/mol. The standard InChI is InChI=1S/C13H20N2O4/c1-9(16)6-15-7-10-3-4-11(12(5-10)18-2)19-8-13(14)17/h3-5,9,15-16H,6-8H2,1-2H3,(H2,14,17)/t9-/m1/s1. The summed E-state index contributed by atoms with van der Waals surface area (Å²) in [6, 6.07) is 5.39. The van der Waals surface area contributed by atoms with Crippen LogP contribution in [-0.4, -0.2) is 37.4 Å². The van der Waals surface area contributed by atoms with Crippen molar-refractivity contribution in [2.75, 3.05) is 20.3 Å². The maximum absolute atomic E-state index is 10.7. The van der Waals surface area contributed by atoms with E-state index in [-0.39, 0.29) is 12.7 Å². The van der Waals surface area contributed by atoms with Gasteiger partial charge < -0.3 is 25.6 Å². The van der Waals surface area contributed by atoms with Crippen LogP contribution >= 0.6 is 0 Å². The molecule has 1 aromatic rings. The molecule has 0 bridgehead atoms. The van der Waals surface area contributed by atoms with E-state index in [2.05, 4.69) is 5.32 Å². The van der Waals surface area contributed by atoms with Crippen LogP contribution in [0.4, 0.5) is 0 Å². The highest BCUT2D eigenvalue weighted by atomic mass is 16.5. The second kappa shape index (κ2) is 7.60. The summed E-state index contributed by atoms with van der Waals surface area (Å²) in [6.45, 7) is 2.66. The number of nitrogens with two attached hydrogens (primary N) is 1. The van der Waals surface area contributed by atoms with Gasteiger partial charge in [-0.1, -0.05) is 6.07 Å². The first-order valence-corrected chi connectivity index (χ1v) is 5.99. The molecule has 0 saturated heterocycles. The average molecular weight is 268 g/mol. The normalized spacial score (nSPS) is 11.9. The predicted molar refractivity (Wildman–Crippen MR) is 71.1 cm³/mol. The number of hydrogen-bond acceptors (Lipinski definition) is 5. The molecule has 0 aliphatic heterocycles. The summed E-state index contributed by atoms with van der Waals surface area (Å²) in [4.78, 5) is 10.7. The van der Waals surface area contributed by atoms with Crippen LogP contribution in [0.3, 0.4) is 0 Å². The van der Waals surface area contributed by atoms with Gasteiger partial charge in [0.1, 0.15) is 0 Å². The van der Waals surface area contributed by atoms with Crippen molar-refractivity contribution in [2.45, 2.75) is 19.6 Å². The van der Waals surface area contributed by atoms with Gasteiger partial charge in [-0.15, -0.1) is 0 Å². The molecular weight excluding hydrogens is 248 g/mol. The van der Waals surface area contributed by atoms with Crippen molar-refractivity contribution in [3.8, 4) is 11.5 Å². The molecule has 0 spiro atoms. The van der Waals surface area contributed by atoms with Gasteiger partial charge >= 0.3 is 0 Å². The maximum Gasteiger partial charge on any atom is 0.255 e. The number of rotatable bonds is 8. The Kier molecular flexibility index (Phi) is 6.11. The molecule has 6 heteroatoms. The van der Waals surface area contributed by atoms with Crippen molar-refractivity contribution in [3.05, 3.63) is 23.8 Å². The second-order valence-electron chi connectivity index (χ2n) is 4.22. The fourth-order valence-electron chi connectivity index (χ4n) is 1.52. The van der Waals surface area contributed by atoms with Crippen LogP contribution in [0.5, 0.6) is 11.5 Å². The highest BCUT2D eigenvalue weighted by Crippen LogP contribution is 2.27. The van der Waals surface area contributed by atoms with Crippen molar-refractivity contribution < 1.29 is 19.4 Å². The van der Waals surface area contributed by atoms with Crippen molar-refractivity contribution in [1.29, 1.82) is 0 Å². The Labute approximate surface area is 112 Å². The minimum Gasteiger partial charge on any atom is -0.493 e. The topological polar surface area (TPSA) is 93.8 Å². The molecule has 0 radical (unpaired) electrons. The number of methoxy groups -OCH3 is 1. The first-order valence-electron chi connectivity index (χ1n) is 5.99. The molecule has 1 amide bonds. The Bertz CT molecular complexity index is 421. The van der Waals surface area contributed by atoms with Gasteiger partial charge in [-0.25, -0.2) is 0 Å². The Morgan fingerprint density at radius 1 is 1.47 bits per heavy atom. The van der Waals surface area contributed by atoms with E-state index in [1.54, 1.807) is 13.0 Å². The summed E-state index contributed by atoms with van der Waals surface area (Å²) in [7, 11) is 1.53. The van der Waals surface area contributed by atoms with Gasteiger partial charge in [0, 0.05) is 13.1 Å². The van der Waals surface area contributed by atoms with Gasteiger partial charge in [0.15, 0.2) is 18.1 Å². The van der Waals surface area contributed by atoms with Crippen LogP contribution in [0.2, 0.25) is 0 Å². The molecule has 0 fully saturated rings. The van der Waals surface area contributed by atoms with Crippen LogP contribution in [0.25, 0.3) is 0 Å². The number of primary amides is 1. The minimum absolute atomic E-state index is 0.185. The highest BCUT2D eigenvalue weighted by Gasteiger charge is 2.07. The fraction of sp³-hybridized carbons (Fsp3) is 0.462. The van der Waals surface area contributed by atoms with E-state index in [0.717, 1.165) is 5.56 Å². The fourth-order valence-corrected chi connectivity index (χ4v) is 1.52. The van der Waals surface area contributed by atoms with E-state index in [1.807, 2.05) is 12.1 Å². The average Bonchev–Trinajstić information content (AvgIpc) is 2.36. The molecule has 1 rings (SSSR count). The van der Waals surface area contributed by atoms with Gasteiger partial charge in [0.2, 0.25) is 0 Å². The number of ether oxygens (including phenoxy) is 2. The third kappa shape index (κ3) is 5.58. The predicted octanol–water partition coefficient (Wildman–Crippen LogP) is 0.0297. The first-order chi connectivity index (χ1) is 9.02. The van der Waals surface area contributed by atoms with Crippen LogP contribution in [0, 0.1) is 0 Å². The van der Waals surface area contributed by atoms with Crippen molar-refractivity contribution in [3.63, 3.8) is 0 Å². The Hall–Kier alpha value is -1.79. The lowest BCUT2D eigenvalue weighted by Crippen LogP contribution is -2.23. The third-order valence-electron chi connectivity index (χ3n) is 2.37. The smallest absolute Gasteiger partial charge is 0.255 e. The number of nitrogens with one attached hydrogen (secondary N) is 1. The minimum atomic E-state index is -0.537. The summed E-state index contributed by atoms with van der Waals surface area (Å²) in [5.74, 6) is 0.475. The molecule has 106 valence electrons. The van der Waals surface area contributed by atoms with E-state index in [1.165, 1.54) is 7.11 Å². The lowest BCUT2D eigenvalue weighted by molar-refractivity contribution is -0.119. The zero-order valence-corrected chi connectivity index (χ0v) is 11.2. The zero-order valence-electron chi connectivity index (χ0n) is 11.2. The second-order valence-corrected chi connectivity index (χ2v) is 4.22. The lowest BCUT2D eigenvalue weighted by Gasteiger charge is -2.12. The van der Waals surface area contributed by atoms with Gasteiger partial charge in [-0.05, 0) is 24.6 Å². The van der Waals surface area contributed by atoms with E-state index < -0.39 is 5.91 Å². The Morgan fingerprint density at radius 3 is 2.79 bits per heavy atom. The maximum atomic E-state index is 10.7. The molecule has 19 heavy (non-hydrogen) atoms. The van der Waals surface area contributed by atoms with Crippen molar-refractivity contribution in [2.24, 2.45) is 5.73 Å². The molecule has 0 aliphatic rings. The van der Waals surface area contributed by atoms with Gasteiger partial charge in [-0.3, -0.25) is 4.79 Å². The van der Waals surface area contributed by atoms with Crippen molar-refractivity contribution >= 4 is 5.91 Å². The summed E-state index contributed by atoms with van der Waals surface area (Å²) in [6.07, 6.45) is -0.389. The lowest BCUT2D eigenvalue weighted by atomic mass is 10.2. The molecule has 1 aromatic carbocycles. The van der Waals surface area contributed by atoms with Gasteiger partial charge in [-0.2, -0.15) is 0 Å². The van der Waals surface area contributed by atoms with Crippen LogP contribution < -0.4 is 20.5 Å². The summed E-state index contributed by atoms with van der Waals surface area (Å²) in [5.41, 5.74) is 6.01. The SMILES string of the molecule is COc1cc(CNC[C@@H](C)O)ccc1OCC(N)=O. The quantitative estimate of drug-likeness (QED) is 0.618. The number of aliphatic hydroxyl groups is 1. The Morgan fingerprint density at radius 2 is 2.21 bits per heavy atom. The highest BCUT2D eigenvalue weighted by molar-refractivity contribution is 5.75. The van der Waals surface area contributed by atoms with Gasteiger partial charge in [0.25, 0.3) is 5.91 Å². The van der Waals surface area contributed by atoms with E-state index in [4.69, 9.17) is 20.3 Å². The summed E-state index contributed by atoms with van der Waals surface area (Å²) in [5, 5.41) is 12.2. The van der Waals surface area contributed by atoms with Crippen LogP contribution in [0.1, 0.15) is 12.5 Å². The molecule has 0 saturated carbocycles. The van der Waals surface area contributed by atoms with Gasteiger partial charge in [0.05, 0.1) is 13.2 Å². The first kappa shape index (κ1) is 15.3. The van der Waals surface area contributed by atoms with Crippen LogP contribution in [-0.2, 0) is 11.3 Å². The number of carbonyl (C=O) groups is 1. The molecule has 0 heterocycles. The molecule has 1 atom stereocenters. The van der Waals surface area contributed by atoms with Crippen LogP contribution in [0.15, 0.2) is 18.2 Å². The number of hydrogen-bond donors (Lipinski definition) is 3. The zero-order chi connectivity index (χ0) is 14.3. The van der Waals surface area contributed by atoms with E-state index in [9.17, 15) is 4.79 Å².